The van der Waals surface area contributed by atoms with E-state index in [9.17, 15) is 14.7 Å². The molecule has 0 aromatic heterocycles. The molecule has 0 unspecified atom stereocenters. The molecule has 4 aromatic rings. The molecule has 2 aliphatic rings. The molecule has 2 aliphatic heterocycles. The maximum atomic E-state index is 13.7. The number of carbonyl (C=O) groups is 2. The Balaban J connectivity index is 1.31. The molecular formula is C38H38N2O6. The second-order valence-electron chi connectivity index (χ2n) is 11.5. The van der Waals surface area contributed by atoms with Crippen LogP contribution in [0, 0.1) is 6.92 Å². The summed E-state index contributed by atoms with van der Waals surface area (Å²) in [4.78, 5) is 31.1. The first-order valence-corrected chi connectivity index (χ1v) is 15.7. The van der Waals surface area contributed by atoms with E-state index in [4.69, 9.17) is 14.2 Å². The zero-order chi connectivity index (χ0) is 31.9. The van der Waals surface area contributed by atoms with Gasteiger partial charge in [-0.2, -0.15) is 0 Å². The second-order valence-corrected chi connectivity index (χ2v) is 11.5. The van der Waals surface area contributed by atoms with Gasteiger partial charge in [-0.25, -0.2) is 0 Å². The Kier molecular flexibility index (Phi) is 9.76. The van der Waals surface area contributed by atoms with Crippen LogP contribution in [0.3, 0.4) is 0 Å². The van der Waals surface area contributed by atoms with Crippen LogP contribution in [0.5, 0.6) is 17.2 Å². The van der Waals surface area contributed by atoms with Crippen LogP contribution in [0.25, 0.3) is 5.76 Å². The van der Waals surface area contributed by atoms with Gasteiger partial charge in [0.2, 0.25) is 0 Å². The highest BCUT2D eigenvalue weighted by Crippen LogP contribution is 2.41. The molecule has 46 heavy (non-hydrogen) atoms. The van der Waals surface area contributed by atoms with Crippen LogP contribution in [0.2, 0.25) is 0 Å². The van der Waals surface area contributed by atoms with Crippen molar-refractivity contribution in [2.75, 3.05) is 39.4 Å². The van der Waals surface area contributed by atoms with E-state index in [0.29, 0.717) is 61.2 Å². The SMILES string of the molecule is Cc1cc(/C(O)=C2\C(=O)C(=O)N(CCCN3CCOCC3)[C@H]2c2cccc(Oc3ccccc3)c2)ccc1OCc1ccccc1. The summed E-state index contributed by atoms with van der Waals surface area (Å²) in [6.45, 7) is 6.49. The van der Waals surface area contributed by atoms with Gasteiger partial charge in [0.05, 0.1) is 24.8 Å². The Labute approximate surface area is 269 Å². The average Bonchev–Trinajstić information content (AvgIpc) is 3.34. The molecule has 0 aliphatic carbocycles. The van der Waals surface area contributed by atoms with Crippen molar-refractivity contribution < 1.29 is 28.9 Å². The number of amides is 1. The fourth-order valence-electron chi connectivity index (χ4n) is 5.97. The third-order valence-corrected chi connectivity index (χ3v) is 8.36. The van der Waals surface area contributed by atoms with E-state index in [-0.39, 0.29) is 11.3 Å². The Morgan fingerprint density at radius 1 is 0.848 bits per heavy atom. The summed E-state index contributed by atoms with van der Waals surface area (Å²) in [6.07, 6.45) is 0.677. The lowest BCUT2D eigenvalue weighted by molar-refractivity contribution is -0.140. The fourth-order valence-corrected chi connectivity index (χ4v) is 5.97. The van der Waals surface area contributed by atoms with E-state index < -0.39 is 17.7 Å². The number of hydrogen-bond acceptors (Lipinski definition) is 7. The lowest BCUT2D eigenvalue weighted by Crippen LogP contribution is -2.38. The highest BCUT2D eigenvalue weighted by Gasteiger charge is 2.46. The molecule has 8 nitrogen and oxygen atoms in total. The summed E-state index contributed by atoms with van der Waals surface area (Å²) in [5, 5.41) is 11.7. The van der Waals surface area contributed by atoms with E-state index in [1.165, 1.54) is 0 Å². The highest BCUT2D eigenvalue weighted by atomic mass is 16.5. The highest BCUT2D eigenvalue weighted by molar-refractivity contribution is 6.46. The van der Waals surface area contributed by atoms with Crippen molar-refractivity contribution in [3.8, 4) is 17.2 Å². The van der Waals surface area contributed by atoms with Crippen molar-refractivity contribution in [3.63, 3.8) is 0 Å². The number of aliphatic hydroxyl groups excluding tert-OH is 1. The molecule has 1 amide bonds. The number of morpholine rings is 1. The van der Waals surface area contributed by atoms with Crippen LogP contribution in [-0.2, 0) is 20.9 Å². The summed E-state index contributed by atoms with van der Waals surface area (Å²) in [7, 11) is 0. The van der Waals surface area contributed by atoms with Crippen molar-refractivity contribution >= 4 is 17.4 Å². The molecule has 6 rings (SSSR count). The van der Waals surface area contributed by atoms with E-state index in [1.807, 2.05) is 91.9 Å². The number of para-hydroxylation sites is 1. The molecule has 2 fully saturated rings. The number of rotatable bonds is 11. The predicted molar refractivity (Wildman–Crippen MR) is 176 cm³/mol. The van der Waals surface area contributed by atoms with Gasteiger partial charge in [0.15, 0.2) is 0 Å². The maximum Gasteiger partial charge on any atom is 0.295 e. The number of carbonyl (C=O) groups excluding carboxylic acids is 2. The number of nitrogens with zero attached hydrogens (tertiary/aromatic N) is 2. The number of benzene rings is 4. The third kappa shape index (κ3) is 7.14. The van der Waals surface area contributed by atoms with E-state index in [1.54, 1.807) is 23.1 Å². The maximum absolute atomic E-state index is 13.7. The number of ketones is 1. The summed E-state index contributed by atoms with van der Waals surface area (Å²) in [5.41, 5.74) is 3.03. The van der Waals surface area contributed by atoms with Crippen LogP contribution < -0.4 is 9.47 Å². The first-order chi connectivity index (χ1) is 22.5. The molecule has 1 N–H and O–H groups in total. The van der Waals surface area contributed by atoms with Gasteiger partial charge in [0.25, 0.3) is 11.7 Å². The minimum absolute atomic E-state index is 0.0607. The predicted octanol–water partition coefficient (Wildman–Crippen LogP) is 6.51. The molecule has 2 heterocycles. The van der Waals surface area contributed by atoms with Crippen LogP contribution in [0.15, 0.2) is 109 Å². The van der Waals surface area contributed by atoms with Crippen molar-refractivity contribution in [3.05, 3.63) is 131 Å². The number of aliphatic hydroxyl groups is 1. The topological polar surface area (TPSA) is 88.5 Å². The Morgan fingerprint density at radius 3 is 2.30 bits per heavy atom. The summed E-state index contributed by atoms with van der Waals surface area (Å²) < 4.78 is 17.6. The third-order valence-electron chi connectivity index (χ3n) is 8.36. The summed E-state index contributed by atoms with van der Waals surface area (Å²) >= 11 is 0. The van der Waals surface area contributed by atoms with E-state index in [0.717, 1.165) is 30.8 Å². The molecule has 0 spiro atoms. The van der Waals surface area contributed by atoms with Crippen molar-refractivity contribution in [2.24, 2.45) is 0 Å². The zero-order valence-corrected chi connectivity index (χ0v) is 25.9. The fraction of sp³-hybridized carbons (Fsp3) is 0.263. The normalized spacial score (nSPS) is 18.1. The lowest BCUT2D eigenvalue weighted by Gasteiger charge is -2.29. The summed E-state index contributed by atoms with van der Waals surface area (Å²) in [5.74, 6) is 0.368. The standard InChI is InChI=1S/C38H38N2O6/c1-27-24-30(16-17-33(27)45-26-28-10-4-2-5-11-28)36(41)34-35(29-12-8-15-32(25-29)46-31-13-6-3-7-14-31)40(38(43)37(34)42)19-9-18-39-20-22-44-23-21-39/h2-8,10-17,24-25,35,41H,9,18-23,26H2,1H3/b36-34+/t35-/m0/s1. The van der Waals surface area contributed by atoms with Gasteiger partial charge in [0.1, 0.15) is 29.6 Å². The van der Waals surface area contributed by atoms with Crippen molar-refractivity contribution in [1.82, 2.24) is 9.80 Å². The van der Waals surface area contributed by atoms with Crippen molar-refractivity contribution in [2.45, 2.75) is 26.0 Å². The van der Waals surface area contributed by atoms with Gasteiger partial charge in [-0.1, -0.05) is 60.7 Å². The quantitative estimate of drug-likeness (QED) is 0.116. The molecule has 2 saturated heterocycles. The van der Waals surface area contributed by atoms with Gasteiger partial charge in [-0.15, -0.1) is 0 Å². The van der Waals surface area contributed by atoms with Gasteiger partial charge in [0, 0.05) is 31.7 Å². The van der Waals surface area contributed by atoms with Crippen LogP contribution in [-0.4, -0.2) is 66.0 Å². The first-order valence-electron chi connectivity index (χ1n) is 15.7. The number of Topliss-reactive ketones (excluding diaryl/α,β-unsaturated/α-hetero) is 1. The first kappa shape index (κ1) is 31.1. The summed E-state index contributed by atoms with van der Waals surface area (Å²) in [6, 6.07) is 31.2. The number of likely N-dealkylation sites (tertiary alicyclic amines) is 1. The second kappa shape index (κ2) is 14.5. The number of aryl methyl sites for hydroxylation is 1. The molecule has 8 heteroatoms. The average molecular weight is 619 g/mol. The Morgan fingerprint density at radius 2 is 1.57 bits per heavy atom. The minimum Gasteiger partial charge on any atom is -0.507 e. The van der Waals surface area contributed by atoms with E-state index in [2.05, 4.69) is 4.90 Å². The van der Waals surface area contributed by atoms with Gasteiger partial charge >= 0.3 is 0 Å². The molecule has 0 radical (unpaired) electrons. The van der Waals surface area contributed by atoms with Crippen LogP contribution in [0.4, 0.5) is 0 Å². The largest absolute Gasteiger partial charge is 0.507 e. The number of ether oxygens (including phenoxy) is 3. The van der Waals surface area contributed by atoms with Crippen LogP contribution in [0.1, 0.15) is 34.7 Å². The Hall–Kier alpha value is -4.92. The monoisotopic (exact) mass is 618 g/mol. The lowest BCUT2D eigenvalue weighted by atomic mass is 9.94. The van der Waals surface area contributed by atoms with Crippen molar-refractivity contribution in [1.29, 1.82) is 0 Å². The molecule has 0 bridgehead atoms. The number of hydrogen-bond donors (Lipinski definition) is 1. The zero-order valence-electron chi connectivity index (χ0n) is 25.9. The minimum atomic E-state index is -0.779. The van der Waals surface area contributed by atoms with Crippen LogP contribution >= 0.6 is 0 Å². The van der Waals surface area contributed by atoms with Gasteiger partial charge < -0.3 is 24.2 Å². The Bertz CT molecular complexity index is 1700. The smallest absolute Gasteiger partial charge is 0.295 e. The molecule has 1 atom stereocenters. The molecular weight excluding hydrogens is 580 g/mol. The van der Waals surface area contributed by atoms with Gasteiger partial charge in [-0.05, 0) is 72.5 Å². The molecule has 236 valence electrons. The van der Waals surface area contributed by atoms with E-state index >= 15 is 0 Å². The van der Waals surface area contributed by atoms with Gasteiger partial charge in [-0.3, -0.25) is 14.5 Å². The molecule has 0 saturated carbocycles. The molecule has 4 aromatic carbocycles.